The monoisotopic (exact) mass is 283 g/mol. The lowest BCUT2D eigenvalue weighted by Gasteiger charge is -2.16. The van der Waals surface area contributed by atoms with Gasteiger partial charge in [-0.15, -0.1) is 0 Å². The van der Waals surface area contributed by atoms with Crippen molar-refractivity contribution in [2.24, 2.45) is 0 Å². The van der Waals surface area contributed by atoms with Gasteiger partial charge in [-0.25, -0.2) is 0 Å². The van der Waals surface area contributed by atoms with Crippen molar-refractivity contribution < 1.29 is 9.90 Å². The standard InChI is InChI=1S/C18H21NO2/c20-14-17(13-16-9-5-2-6-10-16)19-18(21)12-11-15-7-3-1-4-8-15/h1-10,17,20H,11-14H2,(H,19,21). The van der Waals surface area contributed by atoms with Gasteiger partial charge in [0.15, 0.2) is 0 Å². The molecule has 3 nitrogen and oxygen atoms in total. The molecule has 0 spiro atoms. The van der Waals surface area contributed by atoms with Crippen LogP contribution in [-0.2, 0) is 17.6 Å². The van der Waals surface area contributed by atoms with Gasteiger partial charge in [0.1, 0.15) is 0 Å². The van der Waals surface area contributed by atoms with E-state index in [9.17, 15) is 9.90 Å². The summed E-state index contributed by atoms with van der Waals surface area (Å²) < 4.78 is 0. The minimum atomic E-state index is -0.226. The van der Waals surface area contributed by atoms with Gasteiger partial charge in [0.25, 0.3) is 0 Å². The normalized spacial score (nSPS) is 11.9. The molecule has 0 aliphatic rings. The molecule has 2 N–H and O–H groups in total. The summed E-state index contributed by atoms with van der Waals surface area (Å²) in [4.78, 5) is 12.0. The molecule has 0 heterocycles. The maximum Gasteiger partial charge on any atom is 0.220 e. The molecule has 2 aromatic rings. The topological polar surface area (TPSA) is 49.3 Å². The van der Waals surface area contributed by atoms with E-state index >= 15 is 0 Å². The lowest BCUT2D eigenvalue weighted by atomic mass is 10.1. The van der Waals surface area contributed by atoms with Crippen LogP contribution in [0.15, 0.2) is 60.7 Å². The second-order valence-electron chi connectivity index (χ2n) is 5.12. The van der Waals surface area contributed by atoms with E-state index in [0.717, 1.165) is 17.5 Å². The minimum Gasteiger partial charge on any atom is -0.394 e. The van der Waals surface area contributed by atoms with Crippen molar-refractivity contribution in [1.82, 2.24) is 5.32 Å². The highest BCUT2D eigenvalue weighted by atomic mass is 16.3. The van der Waals surface area contributed by atoms with Crippen molar-refractivity contribution in [3.05, 3.63) is 71.8 Å². The second kappa shape index (κ2) is 8.22. The van der Waals surface area contributed by atoms with Crippen molar-refractivity contribution in [2.75, 3.05) is 6.61 Å². The zero-order chi connectivity index (χ0) is 14.9. The molecule has 2 rings (SSSR count). The number of aryl methyl sites for hydroxylation is 1. The number of benzene rings is 2. The van der Waals surface area contributed by atoms with E-state index in [2.05, 4.69) is 5.32 Å². The Hall–Kier alpha value is -2.13. The van der Waals surface area contributed by atoms with Crippen LogP contribution in [0.1, 0.15) is 17.5 Å². The maximum atomic E-state index is 12.0. The lowest BCUT2D eigenvalue weighted by Crippen LogP contribution is -2.39. The molecule has 0 saturated heterocycles. The third-order valence-electron chi connectivity index (χ3n) is 3.39. The van der Waals surface area contributed by atoms with Gasteiger partial charge in [-0.2, -0.15) is 0 Å². The van der Waals surface area contributed by atoms with Crippen LogP contribution in [0.5, 0.6) is 0 Å². The van der Waals surface area contributed by atoms with Crippen LogP contribution < -0.4 is 5.32 Å². The van der Waals surface area contributed by atoms with E-state index in [-0.39, 0.29) is 18.6 Å². The highest BCUT2D eigenvalue weighted by Crippen LogP contribution is 2.05. The Morgan fingerprint density at radius 2 is 1.52 bits per heavy atom. The zero-order valence-electron chi connectivity index (χ0n) is 12.0. The van der Waals surface area contributed by atoms with Crippen molar-refractivity contribution in [3.8, 4) is 0 Å². The van der Waals surface area contributed by atoms with E-state index in [1.165, 1.54) is 0 Å². The van der Waals surface area contributed by atoms with Crippen LogP contribution in [0.4, 0.5) is 0 Å². The van der Waals surface area contributed by atoms with Crippen LogP contribution in [0.2, 0.25) is 0 Å². The molecule has 0 radical (unpaired) electrons. The average Bonchev–Trinajstić information content (AvgIpc) is 2.54. The van der Waals surface area contributed by atoms with E-state index in [1.54, 1.807) is 0 Å². The number of aliphatic hydroxyl groups excluding tert-OH is 1. The summed E-state index contributed by atoms with van der Waals surface area (Å²) in [6.45, 7) is -0.0496. The average molecular weight is 283 g/mol. The minimum absolute atomic E-state index is 0.0196. The van der Waals surface area contributed by atoms with Gasteiger partial charge < -0.3 is 10.4 Å². The third kappa shape index (κ3) is 5.40. The largest absolute Gasteiger partial charge is 0.394 e. The molecule has 21 heavy (non-hydrogen) atoms. The fourth-order valence-electron chi connectivity index (χ4n) is 2.26. The van der Waals surface area contributed by atoms with Crippen LogP contribution in [0.3, 0.4) is 0 Å². The summed E-state index contributed by atoms with van der Waals surface area (Å²) in [7, 11) is 0. The SMILES string of the molecule is O=C(CCc1ccccc1)NC(CO)Cc1ccccc1. The lowest BCUT2D eigenvalue weighted by molar-refractivity contribution is -0.122. The van der Waals surface area contributed by atoms with Crippen molar-refractivity contribution >= 4 is 5.91 Å². The first-order valence-electron chi connectivity index (χ1n) is 7.26. The van der Waals surface area contributed by atoms with Crippen molar-refractivity contribution in [3.63, 3.8) is 0 Å². The molecule has 0 aromatic heterocycles. The highest BCUT2D eigenvalue weighted by Gasteiger charge is 2.12. The number of nitrogens with one attached hydrogen (secondary N) is 1. The van der Waals surface area contributed by atoms with Gasteiger partial charge in [-0.1, -0.05) is 60.7 Å². The van der Waals surface area contributed by atoms with Crippen LogP contribution in [0, 0.1) is 0 Å². The van der Waals surface area contributed by atoms with Crippen molar-refractivity contribution in [1.29, 1.82) is 0 Å². The number of aliphatic hydroxyl groups is 1. The Kier molecular flexibility index (Phi) is 5.98. The third-order valence-corrected chi connectivity index (χ3v) is 3.39. The number of carbonyl (C=O) groups is 1. The molecular weight excluding hydrogens is 262 g/mol. The molecule has 110 valence electrons. The summed E-state index contributed by atoms with van der Waals surface area (Å²) >= 11 is 0. The summed E-state index contributed by atoms with van der Waals surface area (Å²) in [6.07, 6.45) is 1.81. The van der Waals surface area contributed by atoms with Gasteiger partial charge in [-0.05, 0) is 24.0 Å². The van der Waals surface area contributed by atoms with Gasteiger partial charge in [0.2, 0.25) is 5.91 Å². The van der Waals surface area contributed by atoms with Gasteiger partial charge in [-0.3, -0.25) is 4.79 Å². The first kappa shape index (κ1) is 15.3. The molecule has 3 heteroatoms. The van der Waals surface area contributed by atoms with Gasteiger partial charge in [0, 0.05) is 6.42 Å². The fourth-order valence-corrected chi connectivity index (χ4v) is 2.26. The fraction of sp³-hybridized carbons (Fsp3) is 0.278. The molecule has 0 aliphatic carbocycles. The first-order valence-corrected chi connectivity index (χ1v) is 7.26. The Morgan fingerprint density at radius 1 is 0.952 bits per heavy atom. The molecule has 1 unspecified atom stereocenters. The molecular formula is C18H21NO2. The molecule has 0 aliphatic heterocycles. The van der Waals surface area contributed by atoms with Crippen LogP contribution in [-0.4, -0.2) is 23.7 Å². The predicted octanol–water partition coefficient (Wildman–Crippen LogP) is 2.34. The Bertz CT molecular complexity index is 540. The van der Waals surface area contributed by atoms with E-state index < -0.39 is 0 Å². The predicted molar refractivity (Wildman–Crippen MR) is 83.9 cm³/mol. The Balaban J connectivity index is 1.80. The smallest absolute Gasteiger partial charge is 0.220 e. The quantitative estimate of drug-likeness (QED) is 0.819. The molecule has 0 fully saturated rings. The molecule has 1 amide bonds. The number of amides is 1. The summed E-state index contributed by atoms with van der Waals surface area (Å²) in [6, 6.07) is 19.6. The van der Waals surface area contributed by atoms with E-state index in [4.69, 9.17) is 0 Å². The molecule has 1 atom stereocenters. The zero-order valence-corrected chi connectivity index (χ0v) is 12.0. The molecule has 0 saturated carbocycles. The molecule has 0 bridgehead atoms. The first-order chi connectivity index (χ1) is 10.3. The summed E-state index contributed by atoms with van der Waals surface area (Å²) in [5.74, 6) is -0.0196. The number of hydrogen-bond acceptors (Lipinski definition) is 2. The summed E-state index contributed by atoms with van der Waals surface area (Å²) in [5.41, 5.74) is 2.26. The van der Waals surface area contributed by atoms with Gasteiger partial charge >= 0.3 is 0 Å². The number of hydrogen-bond donors (Lipinski definition) is 2. The van der Waals surface area contributed by atoms with E-state index in [1.807, 2.05) is 60.7 Å². The Morgan fingerprint density at radius 3 is 2.10 bits per heavy atom. The Labute approximate surface area is 125 Å². The summed E-state index contributed by atoms with van der Waals surface area (Å²) in [5, 5.41) is 12.3. The number of rotatable bonds is 7. The second-order valence-corrected chi connectivity index (χ2v) is 5.12. The highest BCUT2D eigenvalue weighted by molar-refractivity contribution is 5.76. The van der Waals surface area contributed by atoms with Crippen LogP contribution in [0.25, 0.3) is 0 Å². The molecule has 2 aromatic carbocycles. The van der Waals surface area contributed by atoms with E-state index in [0.29, 0.717) is 12.8 Å². The van der Waals surface area contributed by atoms with Crippen molar-refractivity contribution in [2.45, 2.75) is 25.3 Å². The van der Waals surface area contributed by atoms with Crippen LogP contribution >= 0.6 is 0 Å². The maximum absolute atomic E-state index is 12.0. The van der Waals surface area contributed by atoms with Gasteiger partial charge in [0.05, 0.1) is 12.6 Å². The number of carbonyl (C=O) groups excluding carboxylic acids is 1.